The SMILES string of the molecule is CCNC(=O)c1sc(-c2ccsc2)cc1NC(=O)NC. The van der Waals surface area contributed by atoms with Crippen LogP contribution in [0.15, 0.2) is 22.9 Å². The van der Waals surface area contributed by atoms with E-state index in [1.54, 1.807) is 11.3 Å². The normalized spacial score (nSPS) is 10.1. The Hall–Kier alpha value is -1.86. The van der Waals surface area contributed by atoms with E-state index >= 15 is 0 Å². The second-order valence-electron chi connectivity index (χ2n) is 3.93. The fourth-order valence-electron chi connectivity index (χ4n) is 1.63. The van der Waals surface area contributed by atoms with Gasteiger partial charge in [-0.2, -0.15) is 11.3 Å². The minimum Gasteiger partial charge on any atom is -0.352 e. The molecule has 0 saturated carbocycles. The summed E-state index contributed by atoms with van der Waals surface area (Å²) in [4.78, 5) is 25.0. The standard InChI is InChI=1S/C13H15N3O2S2/c1-3-15-12(17)11-9(16-13(18)14-2)6-10(20-11)8-4-5-19-7-8/h4-7H,3H2,1-2H3,(H,15,17)(H2,14,16,18). The van der Waals surface area contributed by atoms with Crippen LogP contribution in [0.4, 0.5) is 10.5 Å². The first kappa shape index (κ1) is 14.5. The Balaban J connectivity index is 2.36. The number of thiophene rings is 2. The number of nitrogens with one attached hydrogen (secondary N) is 3. The van der Waals surface area contributed by atoms with Crippen molar-refractivity contribution in [3.8, 4) is 10.4 Å². The summed E-state index contributed by atoms with van der Waals surface area (Å²) < 4.78 is 0. The molecule has 0 aliphatic heterocycles. The lowest BCUT2D eigenvalue weighted by Crippen LogP contribution is -2.27. The molecular formula is C13H15N3O2S2. The minimum atomic E-state index is -0.342. The highest BCUT2D eigenvalue weighted by Gasteiger charge is 2.18. The smallest absolute Gasteiger partial charge is 0.319 e. The molecule has 0 fully saturated rings. The maximum atomic E-state index is 12.0. The van der Waals surface area contributed by atoms with E-state index in [1.165, 1.54) is 18.4 Å². The predicted molar refractivity (Wildman–Crippen MR) is 83.7 cm³/mol. The van der Waals surface area contributed by atoms with Crippen LogP contribution in [0.1, 0.15) is 16.6 Å². The summed E-state index contributed by atoms with van der Waals surface area (Å²) in [6, 6.07) is 3.47. The van der Waals surface area contributed by atoms with Crippen molar-refractivity contribution in [2.45, 2.75) is 6.92 Å². The number of hydrogen-bond acceptors (Lipinski definition) is 4. The van der Waals surface area contributed by atoms with Gasteiger partial charge >= 0.3 is 6.03 Å². The lowest BCUT2D eigenvalue weighted by molar-refractivity contribution is 0.0960. The van der Waals surface area contributed by atoms with E-state index in [2.05, 4.69) is 16.0 Å². The van der Waals surface area contributed by atoms with Crippen molar-refractivity contribution in [1.82, 2.24) is 10.6 Å². The van der Waals surface area contributed by atoms with Gasteiger partial charge in [0, 0.05) is 24.0 Å². The lowest BCUT2D eigenvalue weighted by Gasteiger charge is -2.05. The van der Waals surface area contributed by atoms with Crippen LogP contribution >= 0.6 is 22.7 Å². The highest BCUT2D eigenvalue weighted by atomic mass is 32.1. The molecule has 2 aromatic rings. The topological polar surface area (TPSA) is 70.2 Å². The van der Waals surface area contributed by atoms with Crippen molar-refractivity contribution in [3.05, 3.63) is 27.8 Å². The second-order valence-corrected chi connectivity index (χ2v) is 5.76. The van der Waals surface area contributed by atoms with Crippen molar-refractivity contribution >= 4 is 40.3 Å². The van der Waals surface area contributed by atoms with Crippen molar-refractivity contribution in [3.63, 3.8) is 0 Å². The molecule has 0 aliphatic rings. The molecule has 0 aromatic carbocycles. The Morgan fingerprint density at radius 3 is 2.75 bits per heavy atom. The second kappa shape index (κ2) is 6.53. The molecule has 0 saturated heterocycles. The lowest BCUT2D eigenvalue weighted by atomic mass is 10.2. The molecule has 0 aliphatic carbocycles. The Labute approximate surface area is 125 Å². The number of rotatable bonds is 4. The minimum absolute atomic E-state index is 0.176. The number of anilines is 1. The molecule has 3 amide bonds. The summed E-state index contributed by atoms with van der Waals surface area (Å²) in [5.74, 6) is -0.176. The van der Waals surface area contributed by atoms with Gasteiger partial charge in [-0.05, 0) is 29.8 Å². The van der Waals surface area contributed by atoms with E-state index in [-0.39, 0.29) is 11.9 Å². The van der Waals surface area contributed by atoms with Crippen LogP contribution in [0, 0.1) is 0 Å². The van der Waals surface area contributed by atoms with Gasteiger partial charge in [0.15, 0.2) is 0 Å². The summed E-state index contributed by atoms with van der Waals surface area (Å²) in [5.41, 5.74) is 1.58. The monoisotopic (exact) mass is 309 g/mol. The molecule has 0 radical (unpaired) electrons. The summed E-state index contributed by atoms with van der Waals surface area (Å²) in [6.45, 7) is 2.40. The third-order valence-corrected chi connectivity index (χ3v) is 4.42. The van der Waals surface area contributed by atoms with E-state index < -0.39 is 0 Å². The molecule has 2 heterocycles. The van der Waals surface area contributed by atoms with Crippen LogP contribution in [-0.2, 0) is 0 Å². The number of hydrogen-bond donors (Lipinski definition) is 3. The number of urea groups is 1. The highest BCUT2D eigenvalue weighted by Crippen LogP contribution is 2.35. The van der Waals surface area contributed by atoms with Crippen LogP contribution in [0.25, 0.3) is 10.4 Å². The van der Waals surface area contributed by atoms with Crippen molar-refractivity contribution in [2.75, 3.05) is 18.9 Å². The maximum Gasteiger partial charge on any atom is 0.319 e. The predicted octanol–water partition coefficient (Wildman–Crippen LogP) is 2.98. The first-order chi connectivity index (χ1) is 9.65. The Morgan fingerprint density at radius 2 is 2.15 bits per heavy atom. The fourth-order valence-corrected chi connectivity index (χ4v) is 3.38. The van der Waals surface area contributed by atoms with Gasteiger partial charge in [-0.1, -0.05) is 0 Å². The number of carbonyl (C=O) groups is 2. The number of carbonyl (C=O) groups excluding carboxylic acids is 2. The van der Waals surface area contributed by atoms with Crippen molar-refractivity contribution < 1.29 is 9.59 Å². The third-order valence-electron chi connectivity index (χ3n) is 2.56. The van der Waals surface area contributed by atoms with Gasteiger partial charge in [-0.15, -0.1) is 11.3 Å². The maximum absolute atomic E-state index is 12.0. The molecule has 0 atom stereocenters. The summed E-state index contributed by atoms with van der Waals surface area (Å²) in [6.07, 6.45) is 0. The third kappa shape index (κ3) is 3.17. The van der Waals surface area contributed by atoms with E-state index in [0.29, 0.717) is 17.1 Å². The quantitative estimate of drug-likeness (QED) is 0.812. The van der Waals surface area contributed by atoms with Gasteiger partial charge < -0.3 is 16.0 Å². The molecule has 20 heavy (non-hydrogen) atoms. The Kier molecular flexibility index (Phi) is 4.75. The summed E-state index contributed by atoms with van der Waals surface area (Å²) in [5, 5.41) is 11.9. The first-order valence-electron chi connectivity index (χ1n) is 6.09. The molecule has 106 valence electrons. The summed E-state index contributed by atoms with van der Waals surface area (Å²) >= 11 is 2.96. The largest absolute Gasteiger partial charge is 0.352 e. The van der Waals surface area contributed by atoms with Gasteiger partial charge in [0.25, 0.3) is 5.91 Å². The molecule has 5 nitrogen and oxygen atoms in total. The van der Waals surface area contributed by atoms with Gasteiger partial charge in [0.05, 0.1) is 5.69 Å². The highest BCUT2D eigenvalue weighted by molar-refractivity contribution is 7.18. The number of amides is 3. The van der Waals surface area contributed by atoms with Crippen molar-refractivity contribution in [2.24, 2.45) is 0 Å². The van der Waals surface area contributed by atoms with Crippen molar-refractivity contribution in [1.29, 1.82) is 0 Å². The van der Waals surface area contributed by atoms with E-state index in [1.807, 2.05) is 29.8 Å². The fraction of sp³-hybridized carbons (Fsp3) is 0.231. The average molecular weight is 309 g/mol. The Morgan fingerprint density at radius 1 is 1.35 bits per heavy atom. The van der Waals surface area contributed by atoms with Crippen LogP contribution in [0.2, 0.25) is 0 Å². The van der Waals surface area contributed by atoms with Gasteiger partial charge in [0.1, 0.15) is 4.88 Å². The van der Waals surface area contributed by atoms with Crippen LogP contribution in [0.3, 0.4) is 0 Å². The molecule has 0 spiro atoms. The van der Waals surface area contributed by atoms with Crippen LogP contribution in [-0.4, -0.2) is 25.5 Å². The van der Waals surface area contributed by atoms with Crippen LogP contribution < -0.4 is 16.0 Å². The molecular weight excluding hydrogens is 294 g/mol. The molecule has 2 rings (SSSR count). The van der Waals surface area contributed by atoms with Crippen LogP contribution in [0.5, 0.6) is 0 Å². The average Bonchev–Trinajstić information content (AvgIpc) is 3.07. The Bertz CT molecular complexity index is 605. The van der Waals surface area contributed by atoms with E-state index in [4.69, 9.17) is 0 Å². The van der Waals surface area contributed by atoms with E-state index in [0.717, 1.165) is 10.4 Å². The zero-order valence-corrected chi connectivity index (χ0v) is 12.8. The molecule has 2 aromatic heterocycles. The summed E-state index contributed by atoms with van der Waals surface area (Å²) in [7, 11) is 1.53. The van der Waals surface area contributed by atoms with Gasteiger partial charge in [0.2, 0.25) is 0 Å². The molecule has 7 heteroatoms. The zero-order chi connectivity index (χ0) is 14.5. The zero-order valence-electron chi connectivity index (χ0n) is 11.1. The van der Waals surface area contributed by atoms with E-state index in [9.17, 15) is 9.59 Å². The molecule has 0 bridgehead atoms. The first-order valence-corrected chi connectivity index (χ1v) is 7.85. The van der Waals surface area contributed by atoms with Gasteiger partial charge in [-0.25, -0.2) is 4.79 Å². The molecule has 3 N–H and O–H groups in total. The van der Waals surface area contributed by atoms with Gasteiger partial charge in [-0.3, -0.25) is 4.79 Å². The molecule has 0 unspecified atom stereocenters.